The number of rotatable bonds is 7. The molecular weight excluding hydrogens is 400 g/mol. The molecule has 112 valence electrons. The van der Waals surface area contributed by atoms with Crippen LogP contribution in [0.15, 0.2) is 46.9 Å². The van der Waals surface area contributed by atoms with Crippen LogP contribution in [0, 0.1) is 0 Å². The average molecular weight is 416 g/mol. The Morgan fingerprint density at radius 2 is 1.76 bits per heavy atom. The van der Waals surface area contributed by atoms with Crippen LogP contribution in [-0.4, -0.2) is 20.3 Å². The molecule has 0 aliphatic rings. The third kappa shape index (κ3) is 4.93. The second-order valence-electron chi connectivity index (χ2n) is 4.27. The molecule has 0 saturated carbocycles. The fraction of sp³-hybridized carbons (Fsp3) is 0.250. The Morgan fingerprint density at radius 1 is 0.952 bits per heavy atom. The molecule has 0 spiro atoms. The van der Waals surface area contributed by atoms with Gasteiger partial charge in [-0.2, -0.15) is 0 Å². The lowest BCUT2D eigenvalue weighted by molar-refractivity contribution is 0.211. The van der Waals surface area contributed by atoms with E-state index in [0.717, 1.165) is 32.6 Å². The molecule has 0 aromatic heterocycles. The van der Waals surface area contributed by atoms with Crippen molar-refractivity contribution in [2.24, 2.45) is 0 Å². The first kappa shape index (κ1) is 16.2. The van der Waals surface area contributed by atoms with Crippen LogP contribution in [0.5, 0.6) is 17.2 Å². The molecular formula is C16H16Br2O3. The van der Waals surface area contributed by atoms with Crippen molar-refractivity contribution in [3.05, 3.63) is 52.5 Å². The summed E-state index contributed by atoms with van der Waals surface area (Å²) in [6.45, 7) is 0.923. The second-order valence-corrected chi connectivity index (χ2v) is 5.75. The van der Waals surface area contributed by atoms with Crippen molar-refractivity contribution in [1.82, 2.24) is 0 Å². The van der Waals surface area contributed by atoms with Crippen molar-refractivity contribution in [3.8, 4) is 17.2 Å². The minimum Gasteiger partial charge on any atom is -0.493 e. The summed E-state index contributed by atoms with van der Waals surface area (Å²) in [7, 11) is 1.63. The standard InChI is InChI=1S/C16H16Br2O3/c1-19-15-6-5-12(11-17)9-16(15)21-8-7-20-14-4-2-3-13(18)10-14/h2-6,9-10H,7-8,11H2,1H3. The molecule has 0 atom stereocenters. The van der Waals surface area contributed by atoms with Crippen molar-refractivity contribution in [2.75, 3.05) is 20.3 Å². The lowest BCUT2D eigenvalue weighted by Crippen LogP contribution is -2.09. The van der Waals surface area contributed by atoms with Gasteiger partial charge < -0.3 is 14.2 Å². The number of hydrogen-bond acceptors (Lipinski definition) is 3. The number of ether oxygens (including phenoxy) is 3. The molecule has 0 aliphatic carbocycles. The average Bonchev–Trinajstić information content (AvgIpc) is 2.51. The zero-order valence-corrected chi connectivity index (χ0v) is 14.8. The maximum atomic E-state index is 5.74. The largest absolute Gasteiger partial charge is 0.493 e. The second kappa shape index (κ2) is 8.29. The van der Waals surface area contributed by atoms with Gasteiger partial charge in [0.1, 0.15) is 19.0 Å². The monoisotopic (exact) mass is 414 g/mol. The van der Waals surface area contributed by atoms with E-state index in [1.165, 1.54) is 0 Å². The van der Waals surface area contributed by atoms with Crippen LogP contribution in [0.25, 0.3) is 0 Å². The van der Waals surface area contributed by atoms with Gasteiger partial charge in [-0.25, -0.2) is 0 Å². The van der Waals surface area contributed by atoms with Gasteiger partial charge in [0.2, 0.25) is 0 Å². The molecule has 0 unspecified atom stereocenters. The Labute approximate surface area is 141 Å². The highest BCUT2D eigenvalue weighted by Gasteiger charge is 2.05. The molecule has 0 fully saturated rings. The van der Waals surface area contributed by atoms with E-state index in [1.807, 2.05) is 42.5 Å². The lowest BCUT2D eigenvalue weighted by atomic mass is 10.2. The lowest BCUT2D eigenvalue weighted by Gasteiger charge is -2.12. The molecule has 0 saturated heterocycles. The van der Waals surface area contributed by atoms with E-state index in [4.69, 9.17) is 14.2 Å². The van der Waals surface area contributed by atoms with E-state index in [-0.39, 0.29) is 0 Å². The molecule has 5 heteroatoms. The van der Waals surface area contributed by atoms with Gasteiger partial charge in [0.15, 0.2) is 11.5 Å². The van der Waals surface area contributed by atoms with Crippen LogP contribution in [0.3, 0.4) is 0 Å². The van der Waals surface area contributed by atoms with Gasteiger partial charge in [0, 0.05) is 9.80 Å². The quantitative estimate of drug-likeness (QED) is 0.479. The predicted molar refractivity (Wildman–Crippen MR) is 90.8 cm³/mol. The summed E-state index contributed by atoms with van der Waals surface area (Å²) in [5, 5.41) is 0.780. The smallest absolute Gasteiger partial charge is 0.161 e. The Kier molecular flexibility index (Phi) is 6.39. The summed E-state index contributed by atoms with van der Waals surface area (Å²) < 4.78 is 17.7. The topological polar surface area (TPSA) is 27.7 Å². The normalized spacial score (nSPS) is 10.2. The van der Waals surface area contributed by atoms with Crippen molar-refractivity contribution in [3.63, 3.8) is 0 Å². The molecule has 0 bridgehead atoms. The van der Waals surface area contributed by atoms with Gasteiger partial charge in [0.25, 0.3) is 0 Å². The molecule has 0 amide bonds. The molecule has 0 heterocycles. The van der Waals surface area contributed by atoms with Crippen LogP contribution in [0.4, 0.5) is 0 Å². The molecule has 0 N–H and O–H groups in total. The van der Waals surface area contributed by atoms with Crippen LogP contribution < -0.4 is 14.2 Å². The molecule has 3 nitrogen and oxygen atoms in total. The summed E-state index contributed by atoms with van der Waals surface area (Å²) in [5.74, 6) is 2.27. The Morgan fingerprint density at radius 3 is 2.48 bits per heavy atom. The summed E-state index contributed by atoms with van der Waals surface area (Å²) in [6, 6.07) is 13.6. The summed E-state index contributed by atoms with van der Waals surface area (Å²) >= 11 is 6.84. The molecule has 0 aliphatic heterocycles. The predicted octanol–water partition coefficient (Wildman–Crippen LogP) is 4.81. The summed E-state index contributed by atoms with van der Waals surface area (Å²) in [4.78, 5) is 0. The molecule has 2 rings (SSSR count). The van der Waals surface area contributed by atoms with Crippen molar-refractivity contribution in [2.45, 2.75) is 5.33 Å². The fourth-order valence-electron chi connectivity index (χ4n) is 1.78. The number of halogens is 2. The molecule has 2 aromatic carbocycles. The first-order valence-corrected chi connectivity index (χ1v) is 8.38. The van der Waals surface area contributed by atoms with E-state index in [0.29, 0.717) is 13.2 Å². The Bertz CT molecular complexity index is 587. The van der Waals surface area contributed by atoms with Crippen molar-refractivity contribution >= 4 is 31.9 Å². The van der Waals surface area contributed by atoms with E-state index >= 15 is 0 Å². The van der Waals surface area contributed by atoms with Crippen LogP contribution >= 0.6 is 31.9 Å². The van der Waals surface area contributed by atoms with Crippen molar-refractivity contribution in [1.29, 1.82) is 0 Å². The zero-order chi connectivity index (χ0) is 15.1. The fourth-order valence-corrected chi connectivity index (χ4v) is 2.51. The van der Waals surface area contributed by atoms with Crippen LogP contribution in [0.2, 0.25) is 0 Å². The van der Waals surface area contributed by atoms with Crippen LogP contribution in [0.1, 0.15) is 5.56 Å². The summed E-state index contributed by atoms with van der Waals surface area (Å²) in [6.07, 6.45) is 0. The maximum absolute atomic E-state index is 5.74. The summed E-state index contributed by atoms with van der Waals surface area (Å²) in [5.41, 5.74) is 1.14. The third-order valence-electron chi connectivity index (χ3n) is 2.79. The Hall–Kier alpha value is -1.20. The van der Waals surface area contributed by atoms with E-state index in [2.05, 4.69) is 31.9 Å². The first-order valence-electron chi connectivity index (χ1n) is 6.47. The highest BCUT2D eigenvalue weighted by atomic mass is 79.9. The van der Waals surface area contributed by atoms with E-state index in [9.17, 15) is 0 Å². The van der Waals surface area contributed by atoms with Gasteiger partial charge in [0.05, 0.1) is 7.11 Å². The van der Waals surface area contributed by atoms with E-state index in [1.54, 1.807) is 7.11 Å². The number of hydrogen-bond donors (Lipinski definition) is 0. The number of methoxy groups -OCH3 is 1. The maximum Gasteiger partial charge on any atom is 0.161 e. The SMILES string of the molecule is COc1ccc(CBr)cc1OCCOc1cccc(Br)c1. The molecule has 21 heavy (non-hydrogen) atoms. The van der Waals surface area contributed by atoms with Gasteiger partial charge in [-0.1, -0.05) is 44.0 Å². The van der Waals surface area contributed by atoms with E-state index < -0.39 is 0 Å². The van der Waals surface area contributed by atoms with Gasteiger partial charge in [-0.15, -0.1) is 0 Å². The minimum absolute atomic E-state index is 0.453. The number of benzene rings is 2. The van der Waals surface area contributed by atoms with Gasteiger partial charge >= 0.3 is 0 Å². The van der Waals surface area contributed by atoms with Crippen LogP contribution in [-0.2, 0) is 5.33 Å². The highest BCUT2D eigenvalue weighted by molar-refractivity contribution is 9.10. The highest BCUT2D eigenvalue weighted by Crippen LogP contribution is 2.28. The zero-order valence-electron chi connectivity index (χ0n) is 11.6. The Balaban J connectivity index is 1.88. The van der Waals surface area contributed by atoms with Crippen molar-refractivity contribution < 1.29 is 14.2 Å². The third-order valence-corrected chi connectivity index (χ3v) is 3.93. The first-order chi connectivity index (χ1) is 10.2. The van der Waals surface area contributed by atoms with Gasteiger partial charge in [-0.3, -0.25) is 0 Å². The number of alkyl halides is 1. The minimum atomic E-state index is 0.453. The molecule has 0 radical (unpaired) electrons. The van der Waals surface area contributed by atoms with Gasteiger partial charge in [-0.05, 0) is 35.9 Å². The molecule has 2 aromatic rings.